The third kappa shape index (κ3) is 5.82. The number of esters is 1. The summed E-state index contributed by atoms with van der Waals surface area (Å²) in [6.45, 7) is 6.32. The molecule has 5 atom stereocenters. The Kier molecular flexibility index (Phi) is 8.54. The van der Waals surface area contributed by atoms with Gasteiger partial charge in [0.05, 0.1) is 13.2 Å². The number of halogens is 1. The van der Waals surface area contributed by atoms with Gasteiger partial charge in [0.15, 0.2) is 6.17 Å². The van der Waals surface area contributed by atoms with Crippen molar-refractivity contribution in [2.24, 2.45) is 17.3 Å². The number of ether oxygens (including phenoxy) is 2. The topological polar surface area (TPSA) is 55.8 Å². The van der Waals surface area contributed by atoms with Crippen molar-refractivity contribution in [1.29, 1.82) is 0 Å². The molecule has 0 radical (unpaired) electrons. The van der Waals surface area contributed by atoms with Gasteiger partial charge in [-0.15, -0.1) is 0 Å². The van der Waals surface area contributed by atoms with E-state index in [2.05, 4.69) is 25.5 Å². The van der Waals surface area contributed by atoms with E-state index in [1.807, 2.05) is 12.2 Å². The second-order valence-corrected chi connectivity index (χ2v) is 8.87. The van der Waals surface area contributed by atoms with Crippen LogP contribution in [0.15, 0.2) is 24.0 Å². The maximum absolute atomic E-state index is 15.0. The minimum atomic E-state index is -1.11. The summed E-state index contributed by atoms with van der Waals surface area (Å²) in [5.74, 6) is 0.0958. The lowest BCUT2D eigenvalue weighted by Gasteiger charge is -2.29. The molecule has 4 nitrogen and oxygen atoms in total. The van der Waals surface area contributed by atoms with Crippen molar-refractivity contribution in [3.63, 3.8) is 0 Å². The number of rotatable bonds is 10. The fourth-order valence-electron chi connectivity index (χ4n) is 4.26. The number of methoxy groups -OCH3 is 1. The number of aliphatic hydroxyl groups excluding tert-OH is 1. The Balaban J connectivity index is 1.91. The standard InChI is InChI=1S/C23H37FO4/c1-5-6-15-23(2,3)19(25)14-12-16-11-13-17-21(16)22(24)18(28-17)9-7-8-10-20(26)27-4/h9,12,14,16-17,19,21-22,25H,5-8,10-11,13,15H2,1-4H3/t16-,17-,19-,21-,22-/m1/s1. The molecule has 0 amide bonds. The maximum atomic E-state index is 15.0. The molecule has 0 unspecified atom stereocenters. The first-order valence-corrected chi connectivity index (χ1v) is 10.7. The summed E-state index contributed by atoms with van der Waals surface area (Å²) in [5.41, 5.74) is -0.170. The summed E-state index contributed by atoms with van der Waals surface area (Å²) in [6.07, 6.45) is 10.4. The van der Waals surface area contributed by atoms with Crippen molar-refractivity contribution in [2.45, 2.75) is 90.5 Å². The number of fused-ring (bicyclic) bond motifs is 1. The van der Waals surface area contributed by atoms with Crippen LogP contribution in [0, 0.1) is 17.3 Å². The van der Waals surface area contributed by atoms with Gasteiger partial charge in [0.25, 0.3) is 0 Å². The Morgan fingerprint density at radius 2 is 2.14 bits per heavy atom. The first-order valence-electron chi connectivity index (χ1n) is 10.7. The lowest BCUT2D eigenvalue weighted by Crippen LogP contribution is -2.28. The highest BCUT2D eigenvalue weighted by Crippen LogP contribution is 2.47. The third-order valence-corrected chi connectivity index (χ3v) is 6.28. The van der Waals surface area contributed by atoms with Gasteiger partial charge in [-0.25, -0.2) is 4.39 Å². The first-order chi connectivity index (χ1) is 13.3. The van der Waals surface area contributed by atoms with Gasteiger partial charge in [-0.3, -0.25) is 4.79 Å². The van der Waals surface area contributed by atoms with Crippen LogP contribution >= 0.6 is 0 Å². The predicted molar refractivity (Wildman–Crippen MR) is 108 cm³/mol. The third-order valence-electron chi connectivity index (χ3n) is 6.28. The molecule has 1 saturated heterocycles. The zero-order valence-electron chi connectivity index (χ0n) is 17.8. The minimum Gasteiger partial charge on any atom is -0.492 e. The molecule has 5 heteroatoms. The molecule has 2 rings (SSSR count). The van der Waals surface area contributed by atoms with Crippen LogP contribution in [-0.4, -0.2) is 36.6 Å². The summed E-state index contributed by atoms with van der Waals surface area (Å²) in [4.78, 5) is 11.2. The van der Waals surface area contributed by atoms with Crippen LogP contribution in [0.3, 0.4) is 0 Å². The Morgan fingerprint density at radius 1 is 1.39 bits per heavy atom. The Hall–Kier alpha value is -1.36. The van der Waals surface area contributed by atoms with Gasteiger partial charge < -0.3 is 14.6 Å². The van der Waals surface area contributed by atoms with Crippen molar-refractivity contribution in [1.82, 2.24) is 0 Å². The van der Waals surface area contributed by atoms with E-state index in [1.54, 1.807) is 6.08 Å². The van der Waals surface area contributed by atoms with E-state index in [0.717, 1.165) is 32.1 Å². The first kappa shape index (κ1) is 22.9. The van der Waals surface area contributed by atoms with Crippen molar-refractivity contribution < 1.29 is 23.8 Å². The molecule has 0 aromatic heterocycles. The highest BCUT2D eigenvalue weighted by molar-refractivity contribution is 5.69. The highest BCUT2D eigenvalue weighted by Gasteiger charge is 2.49. The second kappa shape index (κ2) is 10.4. The monoisotopic (exact) mass is 396 g/mol. The molecule has 0 spiro atoms. The molecule has 1 aliphatic heterocycles. The van der Waals surface area contributed by atoms with Crippen LogP contribution in [0.2, 0.25) is 0 Å². The van der Waals surface area contributed by atoms with Gasteiger partial charge in [-0.2, -0.15) is 0 Å². The minimum absolute atomic E-state index is 0.0817. The normalized spacial score (nSPS) is 29.9. The Labute approximate surface area is 169 Å². The average molecular weight is 397 g/mol. The Bertz CT molecular complexity index is 569. The lowest BCUT2D eigenvalue weighted by atomic mass is 9.80. The summed E-state index contributed by atoms with van der Waals surface area (Å²) in [6, 6.07) is 0. The van der Waals surface area contributed by atoms with Gasteiger partial charge in [0.2, 0.25) is 0 Å². The van der Waals surface area contributed by atoms with Crippen LogP contribution in [0.25, 0.3) is 0 Å². The zero-order chi connectivity index (χ0) is 20.7. The van der Waals surface area contributed by atoms with Crippen molar-refractivity contribution in [3.05, 3.63) is 24.0 Å². The molecule has 28 heavy (non-hydrogen) atoms. The highest BCUT2D eigenvalue weighted by atomic mass is 19.1. The molecule has 1 aliphatic carbocycles. The van der Waals surface area contributed by atoms with E-state index in [4.69, 9.17) is 4.74 Å². The van der Waals surface area contributed by atoms with Gasteiger partial charge in [-0.1, -0.05) is 45.8 Å². The molecule has 2 fully saturated rings. The molecule has 160 valence electrons. The number of carbonyl (C=O) groups is 1. The van der Waals surface area contributed by atoms with Gasteiger partial charge in [-0.05, 0) is 49.5 Å². The maximum Gasteiger partial charge on any atom is 0.305 e. The molecule has 0 bridgehead atoms. The van der Waals surface area contributed by atoms with Crippen molar-refractivity contribution in [3.8, 4) is 0 Å². The quantitative estimate of drug-likeness (QED) is 0.317. The van der Waals surface area contributed by atoms with Gasteiger partial charge >= 0.3 is 5.97 Å². The van der Waals surface area contributed by atoms with E-state index in [9.17, 15) is 14.3 Å². The number of aliphatic hydroxyl groups is 1. The fraction of sp³-hybridized carbons (Fsp3) is 0.783. The summed E-state index contributed by atoms with van der Waals surface area (Å²) < 4.78 is 25.5. The number of allylic oxidation sites excluding steroid dienone is 3. The van der Waals surface area contributed by atoms with Crippen LogP contribution < -0.4 is 0 Å². The number of alkyl halides is 1. The average Bonchev–Trinajstić information content (AvgIpc) is 3.21. The largest absolute Gasteiger partial charge is 0.492 e. The SMILES string of the molecule is CCCCC(C)(C)[C@H](O)C=C[C@H]1CC[C@H]2OC(=CCCCC(=O)OC)[C@@H](F)[C@H]12. The molecule has 0 aromatic rings. The number of unbranched alkanes of at least 4 members (excludes halogenated alkanes) is 2. The molecule has 0 aromatic carbocycles. The molecule has 2 aliphatic rings. The zero-order valence-corrected chi connectivity index (χ0v) is 17.8. The van der Waals surface area contributed by atoms with E-state index < -0.39 is 12.3 Å². The van der Waals surface area contributed by atoms with Crippen molar-refractivity contribution in [2.75, 3.05) is 7.11 Å². The second-order valence-electron chi connectivity index (χ2n) is 8.87. The number of hydrogen-bond donors (Lipinski definition) is 1. The van der Waals surface area contributed by atoms with Gasteiger partial charge in [0, 0.05) is 12.3 Å². The van der Waals surface area contributed by atoms with Crippen LogP contribution in [0.1, 0.15) is 72.1 Å². The molecule has 1 heterocycles. The summed E-state index contributed by atoms with van der Waals surface area (Å²) >= 11 is 0. The van der Waals surface area contributed by atoms with E-state index >= 15 is 0 Å². The molecule has 1 saturated carbocycles. The fourth-order valence-corrected chi connectivity index (χ4v) is 4.26. The Morgan fingerprint density at radius 3 is 2.82 bits per heavy atom. The molecular formula is C23H37FO4. The van der Waals surface area contributed by atoms with Crippen LogP contribution in [0.5, 0.6) is 0 Å². The van der Waals surface area contributed by atoms with Crippen LogP contribution in [0.4, 0.5) is 4.39 Å². The van der Waals surface area contributed by atoms with E-state index in [-0.39, 0.29) is 29.3 Å². The number of carbonyl (C=O) groups excluding carboxylic acids is 1. The number of hydrogen-bond acceptors (Lipinski definition) is 4. The smallest absolute Gasteiger partial charge is 0.305 e. The molecular weight excluding hydrogens is 359 g/mol. The van der Waals surface area contributed by atoms with Gasteiger partial charge in [0.1, 0.15) is 11.9 Å². The van der Waals surface area contributed by atoms with Crippen molar-refractivity contribution >= 4 is 5.97 Å². The van der Waals surface area contributed by atoms with Crippen LogP contribution in [-0.2, 0) is 14.3 Å². The summed E-state index contributed by atoms with van der Waals surface area (Å²) in [7, 11) is 1.37. The lowest BCUT2D eigenvalue weighted by molar-refractivity contribution is -0.140. The van der Waals surface area contributed by atoms with E-state index in [1.165, 1.54) is 7.11 Å². The van der Waals surface area contributed by atoms with E-state index in [0.29, 0.717) is 25.0 Å². The predicted octanol–water partition coefficient (Wildman–Crippen LogP) is 5.11. The summed E-state index contributed by atoms with van der Waals surface area (Å²) in [5, 5.41) is 10.6. The molecule has 1 N–H and O–H groups in total.